The molecule has 5 rings (SSSR count). The van der Waals surface area contributed by atoms with E-state index >= 15 is 0 Å². The van der Waals surface area contributed by atoms with Gasteiger partial charge in [0.1, 0.15) is 5.82 Å². The lowest BCUT2D eigenvalue weighted by atomic mass is 10.0. The van der Waals surface area contributed by atoms with Gasteiger partial charge in [0, 0.05) is 43.1 Å². The van der Waals surface area contributed by atoms with Crippen molar-refractivity contribution in [1.29, 1.82) is 0 Å². The Hall–Kier alpha value is -2.71. The molecule has 0 aliphatic carbocycles. The van der Waals surface area contributed by atoms with Crippen LogP contribution in [0.15, 0.2) is 30.3 Å². The summed E-state index contributed by atoms with van der Waals surface area (Å²) in [6.45, 7) is 4.95. The number of fused-ring (bicyclic) bond motifs is 1. The summed E-state index contributed by atoms with van der Waals surface area (Å²) >= 11 is 0. The molecule has 0 amide bonds. The lowest BCUT2D eigenvalue weighted by Crippen LogP contribution is -2.45. The van der Waals surface area contributed by atoms with Crippen LogP contribution in [0, 0.1) is 6.92 Å². The predicted octanol–water partition coefficient (Wildman–Crippen LogP) is 2.75. The van der Waals surface area contributed by atoms with Crippen LogP contribution in [0.4, 0.5) is 17.6 Å². The summed E-state index contributed by atoms with van der Waals surface area (Å²) in [6.07, 6.45) is 1.65. The number of para-hydroxylation sites is 1. The van der Waals surface area contributed by atoms with Crippen LogP contribution in [0.5, 0.6) is 0 Å². The number of piperidine rings is 1. The molecule has 2 fully saturated rings. The smallest absolute Gasteiger partial charge is 0.227 e. The van der Waals surface area contributed by atoms with E-state index in [1.807, 2.05) is 37.3 Å². The molecule has 8 heteroatoms. The van der Waals surface area contributed by atoms with Crippen LogP contribution in [-0.2, 0) is 9.47 Å². The molecule has 2 aliphatic heterocycles. The number of benzene rings is 1. The molecule has 4 heterocycles. The second-order valence-corrected chi connectivity index (χ2v) is 7.05. The zero-order valence-corrected chi connectivity index (χ0v) is 15.2. The Labute approximate surface area is 156 Å². The second kappa shape index (κ2) is 6.47. The molecular weight excluding hydrogens is 344 g/mol. The van der Waals surface area contributed by atoms with Crippen LogP contribution < -0.4 is 10.2 Å². The van der Waals surface area contributed by atoms with Crippen molar-refractivity contribution in [1.82, 2.24) is 20.2 Å². The quantitative estimate of drug-likeness (QED) is 0.737. The largest absolute Gasteiger partial charge is 0.347 e. The molecule has 0 saturated carbocycles. The minimum Gasteiger partial charge on any atom is -0.347 e. The Morgan fingerprint density at radius 1 is 1.11 bits per heavy atom. The van der Waals surface area contributed by atoms with Crippen molar-refractivity contribution >= 4 is 28.5 Å². The highest BCUT2D eigenvalue weighted by Gasteiger charge is 2.40. The number of hydrogen-bond donors (Lipinski definition) is 2. The van der Waals surface area contributed by atoms with Gasteiger partial charge in [0.15, 0.2) is 11.6 Å². The van der Waals surface area contributed by atoms with Crippen LogP contribution in [0.3, 0.4) is 0 Å². The first-order valence-electron chi connectivity index (χ1n) is 9.30. The number of hydrogen-bond acceptors (Lipinski definition) is 7. The molecule has 2 aliphatic rings. The van der Waals surface area contributed by atoms with Gasteiger partial charge in [-0.15, -0.1) is 0 Å². The Morgan fingerprint density at radius 3 is 2.63 bits per heavy atom. The van der Waals surface area contributed by atoms with Crippen molar-refractivity contribution < 1.29 is 9.47 Å². The lowest BCUT2D eigenvalue weighted by molar-refractivity contribution is -0.169. The molecule has 0 bridgehead atoms. The zero-order chi connectivity index (χ0) is 18.3. The van der Waals surface area contributed by atoms with E-state index < -0.39 is 5.79 Å². The van der Waals surface area contributed by atoms with Gasteiger partial charge in [0.25, 0.3) is 0 Å². The first kappa shape index (κ1) is 16.5. The summed E-state index contributed by atoms with van der Waals surface area (Å²) in [5.74, 6) is 1.82. The van der Waals surface area contributed by atoms with E-state index in [2.05, 4.69) is 20.4 Å². The van der Waals surface area contributed by atoms with Gasteiger partial charge in [0.05, 0.1) is 18.7 Å². The highest BCUT2D eigenvalue weighted by Crippen LogP contribution is 2.33. The summed E-state index contributed by atoms with van der Waals surface area (Å²) in [4.78, 5) is 11.8. The molecule has 8 nitrogen and oxygen atoms in total. The van der Waals surface area contributed by atoms with Crippen LogP contribution in [0.2, 0.25) is 0 Å². The van der Waals surface area contributed by atoms with Crippen molar-refractivity contribution in [2.45, 2.75) is 25.6 Å². The third-order valence-electron chi connectivity index (χ3n) is 5.17. The maximum absolute atomic E-state index is 5.83. The molecule has 27 heavy (non-hydrogen) atoms. The number of nitrogens with zero attached hydrogens (tertiary/aromatic N) is 4. The number of H-pyrrole nitrogens is 1. The minimum absolute atomic E-state index is 0.402. The number of ether oxygens (including phenoxy) is 2. The molecule has 1 spiro atoms. The van der Waals surface area contributed by atoms with Gasteiger partial charge in [-0.1, -0.05) is 12.1 Å². The van der Waals surface area contributed by atoms with Crippen molar-refractivity contribution in [2.75, 3.05) is 36.5 Å². The fraction of sp³-hybridized carbons (Fsp3) is 0.421. The molecule has 0 unspecified atom stereocenters. The molecule has 1 aromatic carbocycles. The lowest BCUT2D eigenvalue weighted by Gasteiger charge is -2.37. The van der Waals surface area contributed by atoms with Gasteiger partial charge >= 0.3 is 0 Å². The van der Waals surface area contributed by atoms with Gasteiger partial charge in [-0.05, 0) is 19.1 Å². The topological polar surface area (TPSA) is 88.2 Å². The first-order chi connectivity index (χ1) is 13.2. The molecule has 2 aromatic heterocycles. The third-order valence-corrected chi connectivity index (χ3v) is 5.17. The summed E-state index contributed by atoms with van der Waals surface area (Å²) in [5.41, 5.74) is 1.90. The summed E-state index contributed by atoms with van der Waals surface area (Å²) < 4.78 is 11.7. The van der Waals surface area contributed by atoms with E-state index in [1.165, 1.54) is 0 Å². The molecular formula is C19H22N6O2. The van der Waals surface area contributed by atoms with E-state index in [-0.39, 0.29) is 0 Å². The van der Waals surface area contributed by atoms with Crippen LogP contribution >= 0.6 is 0 Å². The Morgan fingerprint density at radius 2 is 1.89 bits per heavy atom. The van der Waals surface area contributed by atoms with Gasteiger partial charge in [-0.25, -0.2) is 4.98 Å². The summed E-state index contributed by atoms with van der Waals surface area (Å²) in [6, 6.07) is 9.97. The SMILES string of the molecule is Cc1cc(Nc2nc(N3CCC4(CC3)OCCO4)nc3ccccc23)n[nH]1. The van der Waals surface area contributed by atoms with Crippen molar-refractivity contribution in [2.24, 2.45) is 0 Å². The first-order valence-corrected chi connectivity index (χ1v) is 9.30. The summed E-state index contributed by atoms with van der Waals surface area (Å²) in [5, 5.41) is 11.5. The Kier molecular flexibility index (Phi) is 3.95. The fourth-order valence-electron chi connectivity index (χ4n) is 3.74. The van der Waals surface area contributed by atoms with E-state index in [0.29, 0.717) is 13.2 Å². The number of aryl methyl sites for hydroxylation is 1. The van der Waals surface area contributed by atoms with E-state index in [0.717, 1.165) is 60.1 Å². The predicted molar refractivity (Wildman–Crippen MR) is 102 cm³/mol. The van der Waals surface area contributed by atoms with Gasteiger partial charge in [0.2, 0.25) is 5.95 Å². The zero-order valence-electron chi connectivity index (χ0n) is 15.2. The fourth-order valence-corrected chi connectivity index (χ4v) is 3.74. The van der Waals surface area contributed by atoms with Gasteiger partial charge in [-0.3, -0.25) is 5.10 Å². The van der Waals surface area contributed by atoms with Crippen LogP contribution in [-0.4, -0.2) is 52.3 Å². The number of aromatic amines is 1. The number of rotatable bonds is 3. The molecule has 2 N–H and O–H groups in total. The van der Waals surface area contributed by atoms with Crippen molar-refractivity contribution in [3.8, 4) is 0 Å². The third kappa shape index (κ3) is 3.11. The minimum atomic E-state index is -0.402. The van der Waals surface area contributed by atoms with Crippen molar-refractivity contribution in [3.05, 3.63) is 36.0 Å². The van der Waals surface area contributed by atoms with E-state index in [9.17, 15) is 0 Å². The van der Waals surface area contributed by atoms with Crippen molar-refractivity contribution in [3.63, 3.8) is 0 Å². The van der Waals surface area contributed by atoms with Crippen LogP contribution in [0.25, 0.3) is 10.9 Å². The van der Waals surface area contributed by atoms with Gasteiger partial charge in [-0.2, -0.15) is 10.1 Å². The van der Waals surface area contributed by atoms with E-state index in [1.54, 1.807) is 0 Å². The molecule has 3 aromatic rings. The number of nitrogens with one attached hydrogen (secondary N) is 2. The Bertz CT molecular complexity index is 956. The average Bonchev–Trinajstić information content (AvgIpc) is 3.31. The Balaban J connectivity index is 1.46. The normalized spacial score (nSPS) is 19.1. The van der Waals surface area contributed by atoms with E-state index in [4.69, 9.17) is 19.4 Å². The van der Waals surface area contributed by atoms with Crippen LogP contribution in [0.1, 0.15) is 18.5 Å². The highest BCUT2D eigenvalue weighted by molar-refractivity contribution is 5.91. The number of aromatic nitrogens is 4. The average molecular weight is 366 g/mol. The van der Waals surface area contributed by atoms with Gasteiger partial charge < -0.3 is 19.7 Å². The monoisotopic (exact) mass is 366 g/mol. The maximum Gasteiger partial charge on any atom is 0.227 e. The second-order valence-electron chi connectivity index (χ2n) is 7.05. The number of anilines is 3. The molecule has 0 radical (unpaired) electrons. The highest BCUT2D eigenvalue weighted by atomic mass is 16.7. The maximum atomic E-state index is 5.83. The standard InChI is InChI=1S/C19H22N6O2/c1-13-12-16(24-23-13)21-17-14-4-2-3-5-15(14)20-18(22-17)25-8-6-19(7-9-25)26-10-11-27-19/h2-5,12H,6-11H2,1H3,(H2,20,21,22,23,24). The molecule has 2 saturated heterocycles. The molecule has 140 valence electrons. The summed E-state index contributed by atoms with van der Waals surface area (Å²) in [7, 11) is 0. The molecule has 0 atom stereocenters.